The van der Waals surface area contributed by atoms with Gasteiger partial charge in [-0.3, -0.25) is 4.40 Å². The average Bonchev–Trinajstić information content (AvgIpc) is 3.10. The summed E-state index contributed by atoms with van der Waals surface area (Å²) in [6, 6.07) is 5.26. The zero-order chi connectivity index (χ0) is 29.1. The van der Waals surface area contributed by atoms with Crippen LogP contribution in [0.1, 0.15) is 63.6 Å². The Balaban J connectivity index is 1.77. The Morgan fingerprint density at radius 2 is 1.77 bits per heavy atom. The van der Waals surface area contributed by atoms with Crippen molar-refractivity contribution in [1.82, 2.24) is 14.7 Å². The third kappa shape index (κ3) is 7.65. The lowest BCUT2D eigenvalue weighted by Crippen LogP contribution is -2.47. The molecule has 0 atom stereocenters. The maximum absolute atomic E-state index is 14.1. The van der Waals surface area contributed by atoms with Gasteiger partial charge in [-0.1, -0.05) is 11.2 Å². The molecule has 12 heteroatoms. The van der Waals surface area contributed by atoms with Gasteiger partial charge >= 0.3 is 12.1 Å². The van der Waals surface area contributed by atoms with Gasteiger partial charge in [0.05, 0.1) is 17.7 Å². The van der Waals surface area contributed by atoms with Crippen molar-refractivity contribution in [2.24, 2.45) is 10.9 Å². The van der Waals surface area contributed by atoms with Crippen LogP contribution in [0.3, 0.4) is 0 Å². The molecule has 2 heterocycles. The summed E-state index contributed by atoms with van der Waals surface area (Å²) in [5.41, 5.74) is 6.14. The number of alkyl carbamates (subject to hydrolysis) is 1. The number of nitrogens with one attached hydrogen (secondary N) is 1. The zero-order valence-electron chi connectivity index (χ0n) is 23.0. The number of nitrogens with zero attached hydrogens (tertiary/aromatic N) is 3. The van der Waals surface area contributed by atoms with E-state index in [9.17, 15) is 18.4 Å². The molecule has 0 saturated heterocycles. The molecular weight excluding hydrogens is 512 g/mol. The monoisotopic (exact) mass is 545 g/mol. The van der Waals surface area contributed by atoms with Crippen molar-refractivity contribution >= 4 is 23.5 Å². The highest BCUT2D eigenvalue weighted by Gasteiger charge is 2.28. The van der Waals surface area contributed by atoms with Gasteiger partial charge in [-0.2, -0.15) is 0 Å². The van der Waals surface area contributed by atoms with Crippen LogP contribution in [0.4, 0.5) is 13.6 Å². The average molecular weight is 546 g/mol. The van der Waals surface area contributed by atoms with E-state index in [2.05, 4.69) is 15.5 Å². The van der Waals surface area contributed by atoms with Crippen LogP contribution < -0.4 is 15.8 Å². The Hall–Kier alpha value is -4.22. The number of aromatic nitrogens is 2. The molecule has 210 valence electrons. The zero-order valence-corrected chi connectivity index (χ0v) is 23.0. The molecule has 1 aromatic carbocycles. The van der Waals surface area contributed by atoms with Crippen LogP contribution in [0.2, 0.25) is 0 Å². The number of hydrogen-bond acceptors (Lipinski definition) is 7. The van der Waals surface area contributed by atoms with Gasteiger partial charge in [-0.25, -0.2) is 23.4 Å². The lowest BCUT2D eigenvalue weighted by atomic mass is 10.0. The molecule has 39 heavy (non-hydrogen) atoms. The molecule has 0 aliphatic carbocycles. The van der Waals surface area contributed by atoms with Crippen LogP contribution in [0.5, 0.6) is 5.75 Å². The van der Waals surface area contributed by atoms with Crippen LogP contribution in [0, 0.1) is 25.5 Å². The van der Waals surface area contributed by atoms with Gasteiger partial charge in [-0.15, -0.1) is 0 Å². The number of fused-ring (bicyclic) bond motifs is 1. The molecule has 3 rings (SSSR count). The number of halogens is 2. The summed E-state index contributed by atoms with van der Waals surface area (Å²) in [7, 11) is 0. The van der Waals surface area contributed by atoms with Gasteiger partial charge in [0, 0.05) is 11.7 Å². The minimum atomic E-state index is -0.982. The largest absolute Gasteiger partial charge is 0.485 e. The first-order valence-electron chi connectivity index (χ1n) is 12.2. The van der Waals surface area contributed by atoms with Crippen molar-refractivity contribution in [2.75, 3.05) is 0 Å². The molecule has 0 aliphatic heterocycles. The number of pyridine rings is 1. The summed E-state index contributed by atoms with van der Waals surface area (Å²) >= 11 is 0. The van der Waals surface area contributed by atoms with Crippen molar-refractivity contribution in [3.63, 3.8) is 0 Å². The second-order valence-corrected chi connectivity index (χ2v) is 10.7. The molecule has 1 amide bonds. The van der Waals surface area contributed by atoms with Gasteiger partial charge in [0.15, 0.2) is 17.2 Å². The van der Waals surface area contributed by atoms with Crippen molar-refractivity contribution in [1.29, 1.82) is 0 Å². The van der Waals surface area contributed by atoms with Crippen LogP contribution in [0.15, 0.2) is 35.6 Å². The molecule has 0 saturated carbocycles. The van der Waals surface area contributed by atoms with E-state index >= 15 is 0 Å². The predicted molar refractivity (Wildman–Crippen MR) is 140 cm³/mol. The first-order chi connectivity index (χ1) is 18.1. The second-order valence-electron chi connectivity index (χ2n) is 10.7. The number of oxime groups is 1. The fourth-order valence-electron chi connectivity index (χ4n) is 3.75. The van der Waals surface area contributed by atoms with Gasteiger partial charge in [0.2, 0.25) is 0 Å². The van der Waals surface area contributed by atoms with Crippen molar-refractivity contribution in [3.8, 4) is 5.75 Å². The number of ether oxygens (including phenoxy) is 2. The Kier molecular flexibility index (Phi) is 8.47. The Morgan fingerprint density at radius 3 is 2.38 bits per heavy atom. The maximum Gasteiger partial charge on any atom is 0.408 e. The number of carbonyl (C=O) groups is 2. The smallest absolute Gasteiger partial charge is 0.408 e. The number of hydrogen-bond donors (Lipinski definition) is 2. The molecule has 0 bridgehead atoms. The SMILES string of the molecule is Cc1cc(OCc2c(F)cccc2F)c2nc(C)c(/C(N)=N/OC(=O)CC(C)(C)NC(=O)OC(C)(C)C)n2c1. The number of amidine groups is 1. The topological polar surface area (TPSA) is 130 Å². The summed E-state index contributed by atoms with van der Waals surface area (Å²) in [5, 5.41) is 6.40. The molecule has 0 spiro atoms. The molecule has 2 aromatic heterocycles. The van der Waals surface area contributed by atoms with E-state index in [1.165, 1.54) is 6.07 Å². The third-order valence-electron chi connectivity index (χ3n) is 5.35. The summed E-state index contributed by atoms with van der Waals surface area (Å²) in [5.74, 6) is -2.05. The van der Waals surface area contributed by atoms with Gasteiger partial charge in [0.1, 0.15) is 29.5 Å². The minimum absolute atomic E-state index is 0.136. The normalized spacial score (nSPS) is 12.4. The van der Waals surface area contributed by atoms with E-state index in [4.69, 9.17) is 20.0 Å². The number of benzene rings is 1. The summed E-state index contributed by atoms with van der Waals surface area (Å²) in [6.45, 7) is 11.6. The highest BCUT2D eigenvalue weighted by Crippen LogP contribution is 2.26. The second kappa shape index (κ2) is 11.3. The first-order valence-corrected chi connectivity index (χ1v) is 12.2. The van der Waals surface area contributed by atoms with Crippen LogP contribution in [-0.4, -0.2) is 38.4 Å². The van der Waals surface area contributed by atoms with Gasteiger partial charge < -0.3 is 25.4 Å². The van der Waals surface area contributed by atoms with Crippen molar-refractivity contribution in [3.05, 3.63) is 64.6 Å². The predicted octanol–water partition coefficient (Wildman–Crippen LogP) is 4.67. The summed E-state index contributed by atoms with van der Waals surface area (Å²) < 4.78 is 40.7. The van der Waals surface area contributed by atoms with Crippen molar-refractivity contribution < 1.29 is 32.7 Å². The number of imidazole rings is 1. The third-order valence-corrected chi connectivity index (χ3v) is 5.35. The lowest BCUT2D eigenvalue weighted by molar-refractivity contribution is -0.145. The standard InChI is InChI=1S/C27H33F2N5O5/c1-15-11-20(37-14-17-18(28)9-8-10-19(17)29)24-31-16(2)22(34(24)13-15)23(30)33-39-21(35)12-27(6,7)32-25(36)38-26(3,4)5/h8-11,13H,12,14H2,1-7H3,(H2,30,33)(H,32,36). The Bertz CT molecular complexity index is 1410. The number of rotatable bonds is 8. The van der Waals surface area contributed by atoms with E-state index < -0.39 is 34.8 Å². The van der Waals surface area contributed by atoms with E-state index in [0.29, 0.717) is 17.0 Å². The van der Waals surface area contributed by atoms with Crippen LogP contribution in [0.25, 0.3) is 5.65 Å². The quantitative estimate of drug-likeness (QED) is 0.182. The van der Waals surface area contributed by atoms with E-state index in [-0.39, 0.29) is 30.2 Å². The number of aryl methyl sites for hydroxylation is 2. The lowest BCUT2D eigenvalue weighted by Gasteiger charge is -2.27. The Morgan fingerprint density at radius 1 is 1.13 bits per heavy atom. The molecule has 10 nitrogen and oxygen atoms in total. The highest BCUT2D eigenvalue weighted by atomic mass is 19.1. The van der Waals surface area contributed by atoms with Crippen LogP contribution >= 0.6 is 0 Å². The van der Waals surface area contributed by atoms with Gasteiger partial charge in [-0.05, 0) is 72.2 Å². The molecule has 3 aromatic rings. The fraction of sp³-hybridized carbons (Fsp3) is 0.407. The summed E-state index contributed by atoms with van der Waals surface area (Å²) in [6.07, 6.45) is 0.841. The molecular formula is C27H33F2N5O5. The van der Waals surface area contributed by atoms with Crippen LogP contribution in [-0.2, 0) is 21.0 Å². The number of nitrogens with two attached hydrogens (primary N) is 1. The molecule has 0 aliphatic rings. The van der Waals surface area contributed by atoms with E-state index in [0.717, 1.165) is 17.7 Å². The van der Waals surface area contributed by atoms with E-state index in [1.54, 1.807) is 65.1 Å². The molecule has 0 fully saturated rings. The highest BCUT2D eigenvalue weighted by molar-refractivity contribution is 5.98. The van der Waals surface area contributed by atoms with Crippen molar-refractivity contribution in [2.45, 2.75) is 72.6 Å². The molecule has 0 unspecified atom stereocenters. The molecule has 3 N–H and O–H groups in total. The van der Waals surface area contributed by atoms with E-state index in [1.807, 2.05) is 0 Å². The minimum Gasteiger partial charge on any atom is -0.485 e. The van der Waals surface area contributed by atoms with Gasteiger partial charge in [0.25, 0.3) is 0 Å². The summed E-state index contributed by atoms with van der Waals surface area (Å²) in [4.78, 5) is 34.0. The Labute approximate surface area is 225 Å². The number of amides is 1. The first kappa shape index (κ1) is 29.3. The fourth-order valence-corrected chi connectivity index (χ4v) is 3.75. The molecule has 0 radical (unpaired) electrons. The maximum atomic E-state index is 14.1. The number of carbonyl (C=O) groups excluding carboxylic acids is 2.